The molecule has 6 nitrogen and oxygen atoms in total. The van der Waals surface area contributed by atoms with E-state index in [4.69, 9.17) is 4.74 Å². The number of likely N-dealkylation sites (tertiary alicyclic amines) is 1. The number of hydrogen-bond acceptors (Lipinski definition) is 5. The van der Waals surface area contributed by atoms with Gasteiger partial charge in [0, 0.05) is 18.7 Å². The van der Waals surface area contributed by atoms with Gasteiger partial charge in [-0.3, -0.25) is 0 Å². The van der Waals surface area contributed by atoms with Gasteiger partial charge in [-0.15, -0.1) is 0 Å². The SMILES string of the molecule is COC(=O)c1cccn2nc(CC3CCCCN3C)nc12. The van der Waals surface area contributed by atoms with Crippen LogP contribution in [0.2, 0.25) is 0 Å². The van der Waals surface area contributed by atoms with Crippen LogP contribution in [0.15, 0.2) is 18.3 Å². The van der Waals surface area contributed by atoms with Crippen LogP contribution in [-0.2, 0) is 11.2 Å². The van der Waals surface area contributed by atoms with Crippen molar-refractivity contribution in [2.45, 2.75) is 31.7 Å². The second-order valence-electron chi connectivity index (χ2n) is 5.54. The fourth-order valence-corrected chi connectivity index (χ4v) is 2.92. The van der Waals surface area contributed by atoms with E-state index in [2.05, 4.69) is 22.0 Å². The van der Waals surface area contributed by atoms with Crippen LogP contribution in [0.4, 0.5) is 0 Å². The van der Waals surface area contributed by atoms with Gasteiger partial charge < -0.3 is 9.64 Å². The van der Waals surface area contributed by atoms with Gasteiger partial charge in [-0.25, -0.2) is 14.3 Å². The fourth-order valence-electron chi connectivity index (χ4n) is 2.92. The topological polar surface area (TPSA) is 59.7 Å². The van der Waals surface area contributed by atoms with Gasteiger partial charge in [0.05, 0.1) is 7.11 Å². The van der Waals surface area contributed by atoms with Gasteiger partial charge in [0.1, 0.15) is 5.56 Å². The normalized spacial score (nSPS) is 19.8. The van der Waals surface area contributed by atoms with Crippen molar-refractivity contribution < 1.29 is 9.53 Å². The summed E-state index contributed by atoms with van der Waals surface area (Å²) < 4.78 is 6.45. The molecule has 2 aromatic rings. The number of rotatable bonds is 3. The molecule has 0 aromatic carbocycles. The highest BCUT2D eigenvalue weighted by Crippen LogP contribution is 2.19. The highest BCUT2D eigenvalue weighted by atomic mass is 16.5. The lowest BCUT2D eigenvalue weighted by atomic mass is 10.00. The lowest BCUT2D eigenvalue weighted by molar-refractivity contribution is 0.0602. The summed E-state index contributed by atoms with van der Waals surface area (Å²) in [6.45, 7) is 1.13. The van der Waals surface area contributed by atoms with E-state index in [1.54, 1.807) is 16.6 Å². The van der Waals surface area contributed by atoms with Crippen molar-refractivity contribution in [1.82, 2.24) is 19.5 Å². The molecular formula is C15H20N4O2. The van der Waals surface area contributed by atoms with Crippen LogP contribution in [-0.4, -0.2) is 52.2 Å². The third-order valence-electron chi connectivity index (χ3n) is 4.15. The number of esters is 1. The van der Waals surface area contributed by atoms with Gasteiger partial charge in [0.2, 0.25) is 0 Å². The summed E-state index contributed by atoms with van der Waals surface area (Å²) in [5.74, 6) is 0.402. The average Bonchev–Trinajstić information content (AvgIpc) is 2.91. The quantitative estimate of drug-likeness (QED) is 0.802. The van der Waals surface area contributed by atoms with Gasteiger partial charge in [0.15, 0.2) is 11.5 Å². The summed E-state index contributed by atoms with van der Waals surface area (Å²) in [6, 6.07) is 3.98. The molecule has 0 saturated carbocycles. The van der Waals surface area contributed by atoms with Gasteiger partial charge in [-0.05, 0) is 38.6 Å². The highest BCUT2D eigenvalue weighted by Gasteiger charge is 2.22. The van der Waals surface area contributed by atoms with Crippen molar-refractivity contribution in [3.63, 3.8) is 0 Å². The standard InChI is InChI=1S/C15H20N4O2/c1-18-8-4-3-6-11(18)10-13-16-14-12(15(20)21-2)7-5-9-19(14)17-13/h5,7,9,11H,3-4,6,8,10H2,1-2H3. The smallest absolute Gasteiger partial charge is 0.341 e. The number of carbonyl (C=O) groups is 1. The number of carbonyl (C=O) groups excluding carboxylic acids is 1. The Kier molecular flexibility index (Phi) is 3.88. The van der Waals surface area contributed by atoms with E-state index in [-0.39, 0.29) is 5.97 Å². The summed E-state index contributed by atoms with van der Waals surface area (Å²) in [5, 5.41) is 4.49. The highest BCUT2D eigenvalue weighted by molar-refractivity contribution is 5.95. The number of ether oxygens (including phenoxy) is 1. The van der Waals surface area contributed by atoms with Crippen molar-refractivity contribution >= 4 is 11.6 Å². The molecule has 112 valence electrons. The van der Waals surface area contributed by atoms with Crippen molar-refractivity contribution in [2.75, 3.05) is 20.7 Å². The van der Waals surface area contributed by atoms with Gasteiger partial charge in [0.25, 0.3) is 0 Å². The summed E-state index contributed by atoms with van der Waals surface area (Å²) in [5.41, 5.74) is 1.02. The van der Waals surface area contributed by atoms with E-state index in [1.807, 2.05) is 6.20 Å². The molecule has 3 rings (SSSR count). The summed E-state index contributed by atoms with van der Waals surface area (Å²) >= 11 is 0. The number of piperidine rings is 1. The Balaban J connectivity index is 1.88. The third-order valence-corrected chi connectivity index (χ3v) is 4.15. The van der Waals surface area contributed by atoms with E-state index in [0.29, 0.717) is 17.3 Å². The van der Waals surface area contributed by atoms with Crippen LogP contribution < -0.4 is 0 Å². The molecule has 0 amide bonds. The minimum Gasteiger partial charge on any atom is -0.465 e. The van der Waals surface area contributed by atoms with Crippen molar-refractivity contribution in [2.24, 2.45) is 0 Å². The van der Waals surface area contributed by atoms with Crippen LogP contribution in [0.1, 0.15) is 35.4 Å². The number of likely N-dealkylation sites (N-methyl/N-ethyl adjacent to an activating group) is 1. The molecule has 0 spiro atoms. The molecular weight excluding hydrogens is 268 g/mol. The van der Waals surface area contributed by atoms with Crippen molar-refractivity contribution in [3.05, 3.63) is 29.7 Å². The largest absolute Gasteiger partial charge is 0.465 e. The number of methoxy groups -OCH3 is 1. The molecule has 0 N–H and O–H groups in total. The maximum atomic E-state index is 11.8. The van der Waals surface area contributed by atoms with Gasteiger partial charge >= 0.3 is 5.97 Å². The molecule has 3 heterocycles. The molecule has 1 aliphatic heterocycles. The van der Waals surface area contributed by atoms with Crippen molar-refractivity contribution in [1.29, 1.82) is 0 Å². The average molecular weight is 288 g/mol. The van der Waals surface area contributed by atoms with Gasteiger partial charge in [-0.2, -0.15) is 5.10 Å². The number of hydrogen-bond donors (Lipinski definition) is 0. The molecule has 1 aliphatic rings. The Morgan fingerprint density at radius 2 is 2.33 bits per heavy atom. The molecule has 0 bridgehead atoms. The zero-order chi connectivity index (χ0) is 14.8. The number of pyridine rings is 1. The molecule has 6 heteroatoms. The Bertz CT molecular complexity index is 652. The Morgan fingerprint density at radius 3 is 3.10 bits per heavy atom. The minimum atomic E-state index is -0.380. The first-order valence-electron chi connectivity index (χ1n) is 7.32. The lowest BCUT2D eigenvalue weighted by Gasteiger charge is -2.31. The van der Waals surface area contributed by atoms with Crippen LogP contribution in [0.5, 0.6) is 0 Å². The van der Waals surface area contributed by atoms with E-state index >= 15 is 0 Å². The maximum absolute atomic E-state index is 11.8. The predicted molar refractivity (Wildman–Crippen MR) is 78.3 cm³/mol. The predicted octanol–water partition coefficient (Wildman–Crippen LogP) is 1.54. The monoisotopic (exact) mass is 288 g/mol. The summed E-state index contributed by atoms with van der Waals surface area (Å²) in [4.78, 5) is 18.7. The first-order chi connectivity index (χ1) is 10.2. The Labute approximate surface area is 123 Å². The minimum absolute atomic E-state index is 0.380. The third kappa shape index (κ3) is 2.76. The summed E-state index contributed by atoms with van der Waals surface area (Å²) in [7, 11) is 3.53. The number of nitrogens with zero attached hydrogens (tertiary/aromatic N) is 4. The van der Waals surface area contributed by atoms with E-state index < -0.39 is 0 Å². The second-order valence-corrected chi connectivity index (χ2v) is 5.54. The molecule has 1 saturated heterocycles. The van der Waals surface area contributed by atoms with E-state index in [1.165, 1.54) is 26.4 Å². The molecule has 0 aliphatic carbocycles. The zero-order valence-corrected chi connectivity index (χ0v) is 12.5. The first-order valence-corrected chi connectivity index (χ1v) is 7.32. The maximum Gasteiger partial charge on any atom is 0.341 e. The molecule has 21 heavy (non-hydrogen) atoms. The Hall–Kier alpha value is -1.95. The zero-order valence-electron chi connectivity index (χ0n) is 12.5. The van der Waals surface area contributed by atoms with Crippen LogP contribution in [0.3, 0.4) is 0 Å². The lowest BCUT2D eigenvalue weighted by Crippen LogP contribution is -2.37. The van der Waals surface area contributed by atoms with Crippen LogP contribution in [0.25, 0.3) is 5.65 Å². The second kappa shape index (κ2) is 5.81. The Morgan fingerprint density at radius 1 is 1.48 bits per heavy atom. The van der Waals surface area contributed by atoms with Crippen LogP contribution in [0, 0.1) is 0 Å². The molecule has 0 radical (unpaired) electrons. The molecule has 1 atom stereocenters. The molecule has 1 unspecified atom stereocenters. The molecule has 1 fully saturated rings. The van der Waals surface area contributed by atoms with Crippen LogP contribution >= 0.6 is 0 Å². The number of aromatic nitrogens is 3. The van der Waals surface area contributed by atoms with Crippen molar-refractivity contribution in [3.8, 4) is 0 Å². The van der Waals surface area contributed by atoms with E-state index in [9.17, 15) is 4.79 Å². The number of fused-ring (bicyclic) bond motifs is 1. The molecule has 2 aromatic heterocycles. The fraction of sp³-hybridized carbons (Fsp3) is 0.533. The van der Waals surface area contributed by atoms with E-state index in [0.717, 1.165) is 18.8 Å². The summed E-state index contributed by atoms with van der Waals surface area (Å²) in [6.07, 6.45) is 6.32. The van der Waals surface area contributed by atoms with Gasteiger partial charge in [-0.1, -0.05) is 6.42 Å². The first kappa shape index (κ1) is 14.0.